The van der Waals surface area contributed by atoms with E-state index in [0.29, 0.717) is 30.2 Å². The molecule has 6 heteroatoms. The molecule has 6 nitrogen and oxygen atoms in total. The third-order valence-electron chi connectivity index (χ3n) is 5.17. The fraction of sp³-hybridized carbons (Fsp3) is 0.435. The summed E-state index contributed by atoms with van der Waals surface area (Å²) in [6, 6.07) is 8.10. The second-order valence-corrected chi connectivity index (χ2v) is 7.84. The monoisotopic (exact) mass is 396 g/mol. The summed E-state index contributed by atoms with van der Waals surface area (Å²) in [5.41, 5.74) is 9.62. The summed E-state index contributed by atoms with van der Waals surface area (Å²) in [4.78, 5) is 27.1. The van der Waals surface area contributed by atoms with Crippen molar-refractivity contribution in [1.82, 2.24) is 10.3 Å². The van der Waals surface area contributed by atoms with Crippen LogP contribution in [0.15, 0.2) is 30.5 Å². The number of aryl methyl sites for hydroxylation is 1. The smallest absolute Gasteiger partial charge is 0.224 e. The number of carbonyl (C=O) groups is 2. The Morgan fingerprint density at radius 1 is 1.31 bits per heavy atom. The molecule has 0 saturated heterocycles. The van der Waals surface area contributed by atoms with Crippen LogP contribution in [0.1, 0.15) is 55.5 Å². The van der Waals surface area contributed by atoms with E-state index in [0.717, 1.165) is 35.2 Å². The molecule has 4 N–H and O–H groups in total. The minimum absolute atomic E-state index is 0.0734. The zero-order chi connectivity index (χ0) is 21.4. The Bertz CT molecular complexity index is 845. The molecule has 0 spiro atoms. The van der Waals surface area contributed by atoms with E-state index in [1.807, 2.05) is 32.2 Å². The highest BCUT2D eigenvalue weighted by Crippen LogP contribution is 2.30. The third-order valence-corrected chi connectivity index (χ3v) is 5.17. The Morgan fingerprint density at radius 2 is 2.00 bits per heavy atom. The van der Waals surface area contributed by atoms with E-state index in [4.69, 9.17) is 5.73 Å². The van der Waals surface area contributed by atoms with Gasteiger partial charge in [-0.1, -0.05) is 26.3 Å². The van der Waals surface area contributed by atoms with Gasteiger partial charge in [-0.3, -0.25) is 9.59 Å². The van der Waals surface area contributed by atoms with Gasteiger partial charge < -0.3 is 16.4 Å². The number of aromatic nitrogens is 1. The summed E-state index contributed by atoms with van der Waals surface area (Å²) in [7, 11) is 1.95. The zero-order valence-electron chi connectivity index (χ0n) is 17.8. The first-order valence-electron chi connectivity index (χ1n) is 10.1. The maximum Gasteiger partial charge on any atom is 0.224 e. The largest absolute Gasteiger partial charge is 0.383 e. The highest BCUT2D eigenvalue weighted by atomic mass is 16.1. The van der Waals surface area contributed by atoms with Crippen molar-refractivity contribution >= 4 is 23.7 Å². The van der Waals surface area contributed by atoms with Gasteiger partial charge in [0.15, 0.2) is 6.29 Å². The molecular formula is C23H32N4O2. The molecule has 1 aromatic carbocycles. The molecular weight excluding hydrogens is 364 g/mol. The van der Waals surface area contributed by atoms with Gasteiger partial charge in [-0.2, -0.15) is 0 Å². The van der Waals surface area contributed by atoms with Crippen LogP contribution in [0.3, 0.4) is 0 Å². The number of nitrogen functional groups attached to an aromatic ring is 1. The lowest BCUT2D eigenvalue weighted by molar-refractivity contribution is -0.117. The molecule has 1 aromatic heterocycles. The fourth-order valence-electron chi connectivity index (χ4n) is 2.97. The van der Waals surface area contributed by atoms with Crippen LogP contribution in [0, 0.1) is 12.8 Å². The Morgan fingerprint density at radius 3 is 2.52 bits per heavy atom. The van der Waals surface area contributed by atoms with Crippen molar-refractivity contribution in [3.05, 3.63) is 41.6 Å². The van der Waals surface area contributed by atoms with E-state index in [1.165, 1.54) is 6.42 Å². The number of carbonyl (C=O) groups excluding carboxylic acids is 2. The van der Waals surface area contributed by atoms with Gasteiger partial charge in [0.05, 0.1) is 5.56 Å². The average Bonchev–Trinajstić information content (AvgIpc) is 2.66. The van der Waals surface area contributed by atoms with Crippen molar-refractivity contribution in [2.24, 2.45) is 5.92 Å². The van der Waals surface area contributed by atoms with E-state index in [9.17, 15) is 9.59 Å². The number of pyridine rings is 1. The van der Waals surface area contributed by atoms with Crippen LogP contribution in [0.25, 0.3) is 11.1 Å². The molecule has 1 amide bonds. The molecule has 0 radical (unpaired) electrons. The van der Waals surface area contributed by atoms with Gasteiger partial charge in [0, 0.05) is 29.9 Å². The topological polar surface area (TPSA) is 97.1 Å². The molecule has 1 saturated carbocycles. The number of aldehydes is 1. The summed E-state index contributed by atoms with van der Waals surface area (Å²) in [6.45, 7) is 6.19. The predicted molar refractivity (Wildman–Crippen MR) is 119 cm³/mol. The van der Waals surface area contributed by atoms with Crippen molar-refractivity contribution < 1.29 is 9.59 Å². The maximum atomic E-state index is 12.0. The number of benzene rings is 1. The first-order chi connectivity index (χ1) is 13.8. The van der Waals surface area contributed by atoms with Crippen molar-refractivity contribution in [3.8, 4) is 11.1 Å². The summed E-state index contributed by atoms with van der Waals surface area (Å²) in [6.07, 6.45) is 6.52. The van der Waals surface area contributed by atoms with Crippen molar-refractivity contribution in [2.45, 2.75) is 52.5 Å². The standard InChI is InChI=1S/C19H21N3O2.C4H11N/c1-12-7-16(22-18(24)8-13-3-2-4-13)5-6-17(12)14-9-15(11-23)19(20)21-10-14;1-4(2)5-3/h5-7,9-11,13H,2-4,8H2,1H3,(H2,20,21)(H,22,24);4-5H,1-3H3. The highest BCUT2D eigenvalue weighted by Gasteiger charge is 2.20. The number of nitrogens with one attached hydrogen (secondary N) is 2. The Kier molecular flexibility index (Phi) is 8.34. The minimum atomic E-state index is 0.0734. The molecule has 3 rings (SSSR count). The third kappa shape index (κ3) is 6.68. The second kappa shape index (κ2) is 10.7. The lowest BCUT2D eigenvalue weighted by Crippen LogP contribution is -2.20. The number of rotatable bonds is 6. The second-order valence-electron chi connectivity index (χ2n) is 7.84. The SMILES string of the molecule is CNC(C)C.Cc1cc(NC(=O)CC2CCC2)ccc1-c1cnc(N)c(C=O)c1. The van der Waals surface area contributed by atoms with Gasteiger partial charge in [0.25, 0.3) is 0 Å². The van der Waals surface area contributed by atoms with E-state index in [-0.39, 0.29) is 11.7 Å². The Hall–Kier alpha value is -2.73. The number of anilines is 2. The van der Waals surface area contributed by atoms with Crippen LogP contribution < -0.4 is 16.4 Å². The van der Waals surface area contributed by atoms with Crippen LogP contribution >= 0.6 is 0 Å². The van der Waals surface area contributed by atoms with Crippen LogP contribution in [0.4, 0.5) is 11.5 Å². The lowest BCUT2D eigenvalue weighted by atomic mass is 9.83. The molecule has 0 atom stereocenters. The van der Waals surface area contributed by atoms with E-state index < -0.39 is 0 Å². The molecule has 1 aliphatic carbocycles. The molecule has 0 aliphatic heterocycles. The molecule has 1 fully saturated rings. The van der Waals surface area contributed by atoms with Crippen LogP contribution in [-0.4, -0.2) is 30.3 Å². The summed E-state index contributed by atoms with van der Waals surface area (Å²) in [5.74, 6) is 0.850. The van der Waals surface area contributed by atoms with Crippen molar-refractivity contribution in [2.75, 3.05) is 18.1 Å². The normalized spacial score (nSPS) is 13.3. The van der Waals surface area contributed by atoms with Crippen molar-refractivity contribution in [1.29, 1.82) is 0 Å². The van der Waals surface area contributed by atoms with E-state index in [2.05, 4.69) is 29.5 Å². The Balaban J connectivity index is 0.000000537. The van der Waals surface area contributed by atoms with Crippen molar-refractivity contribution in [3.63, 3.8) is 0 Å². The molecule has 1 aliphatic rings. The fourth-order valence-corrected chi connectivity index (χ4v) is 2.97. The zero-order valence-corrected chi connectivity index (χ0v) is 17.8. The molecule has 1 heterocycles. The summed E-state index contributed by atoms with van der Waals surface area (Å²) >= 11 is 0. The number of nitrogens with zero attached hydrogens (tertiary/aromatic N) is 1. The van der Waals surface area contributed by atoms with E-state index in [1.54, 1.807) is 12.3 Å². The number of amides is 1. The van der Waals surface area contributed by atoms with Crippen LogP contribution in [-0.2, 0) is 4.79 Å². The van der Waals surface area contributed by atoms with Gasteiger partial charge >= 0.3 is 0 Å². The van der Waals surface area contributed by atoms with Gasteiger partial charge in [0.2, 0.25) is 5.91 Å². The number of nitrogens with two attached hydrogens (primary N) is 1. The number of hydrogen-bond donors (Lipinski definition) is 3. The molecule has 29 heavy (non-hydrogen) atoms. The van der Waals surface area contributed by atoms with Gasteiger partial charge in [0.1, 0.15) is 5.82 Å². The molecule has 156 valence electrons. The quantitative estimate of drug-likeness (QED) is 0.636. The minimum Gasteiger partial charge on any atom is -0.383 e. The Labute approximate surface area is 173 Å². The first kappa shape index (κ1) is 22.6. The highest BCUT2D eigenvalue weighted by molar-refractivity contribution is 5.91. The predicted octanol–water partition coefficient (Wildman–Crippen LogP) is 4.19. The van der Waals surface area contributed by atoms with Crippen LogP contribution in [0.5, 0.6) is 0 Å². The lowest BCUT2D eigenvalue weighted by Gasteiger charge is -2.24. The van der Waals surface area contributed by atoms with Gasteiger partial charge in [-0.15, -0.1) is 0 Å². The van der Waals surface area contributed by atoms with Crippen LogP contribution in [0.2, 0.25) is 0 Å². The maximum absolute atomic E-state index is 12.0. The van der Waals surface area contributed by atoms with Gasteiger partial charge in [-0.25, -0.2) is 4.98 Å². The molecule has 0 unspecified atom stereocenters. The number of hydrogen-bond acceptors (Lipinski definition) is 5. The average molecular weight is 397 g/mol. The molecule has 0 bridgehead atoms. The first-order valence-corrected chi connectivity index (χ1v) is 10.1. The van der Waals surface area contributed by atoms with E-state index >= 15 is 0 Å². The van der Waals surface area contributed by atoms with Gasteiger partial charge in [-0.05, 0) is 62.1 Å². The summed E-state index contributed by atoms with van der Waals surface area (Å²) < 4.78 is 0. The summed E-state index contributed by atoms with van der Waals surface area (Å²) in [5, 5.41) is 5.99. The molecule has 2 aromatic rings.